The third-order valence-electron chi connectivity index (χ3n) is 2.71. The summed E-state index contributed by atoms with van der Waals surface area (Å²) in [6, 6.07) is -0.458. The van der Waals surface area contributed by atoms with Gasteiger partial charge in [0.1, 0.15) is 0 Å². The molecule has 104 valence electrons. The molecule has 5 heteroatoms. The van der Waals surface area contributed by atoms with Gasteiger partial charge < -0.3 is 10.4 Å². The van der Waals surface area contributed by atoms with Crippen LogP contribution in [-0.4, -0.2) is 47.6 Å². The molecule has 1 atom stereocenters. The van der Waals surface area contributed by atoms with Gasteiger partial charge in [-0.05, 0) is 13.3 Å². The number of carboxylic acid groups (broad SMARTS) is 1. The molecule has 0 aromatic rings. The van der Waals surface area contributed by atoms with Crippen molar-refractivity contribution in [3.63, 3.8) is 0 Å². The van der Waals surface area contributed by atoms with Gasteiger partial charge in [-0.3, -0.25) is 14.5 Å². The van der Waals surface area contributed by atoms with Gasteiger partial charge in [-0.2, -0.15) is 0 Å². The van der Waals surface area contributed by atoms with Crippen LogP contribution < -0.4 is 5.32 Å². The lowest BCUT2D eigenvalue weighted by Crippen LogP contribution is -2.47. The number of carbonyl (C=O) groups excluding carboxylic acids is 1. The van der Waals surface area contributed by atoms with Crippen LogP contribution in [0.5, 0.6) is 0 Å². The van der Waals surface area contributed by atoms with Crippen molar-refractivity contribution in [2.24, 2.45) is 0 Å². The highest BCUT2D eigenvalue weighted by Gasteiger charge is 2.21. The van der Waals surface area contributed by atoms with E-state index in [-0.39, 0.29) is 12.5 Å². The lowest BCUT2D eigenvalue weighted by molar-refractivity contribution is -0.139. The fourth-order valence-corrected chi connectivity index (χ4v) is 1.60. The first-order valence-corrected chi connectivity index (χ1v) is 6.37. The quantitative estimate of drug-likeness (QED) is 0.456. The zero-order valence-electron chi connectivity index (χ0n) is 11.3. The maximum absolute atomic E-state index is 11.8. The highest BCUT2D eigenvalue weighted by atomic mass is 16.4. The number of carboxylic acids is 1. The molecule has 2 N–H and O–H groups in total. The number of hydrogen-bond acceptors (Lipinski definition) is 3. The van der Waals surface area contributed by atoms with Crippen LogP contribution >= 0.6 is 0 Å². The van der Waals surface area contributed by atoms with Crippen molar-refractivity contribution in [2.75, 3.05) is 19.6 Å². The van der Waals surface area contributed by atoms with Crippen LogP contribution in [0.15, 0.2) is 12.7 Å². The van der Waals surface area contributed by atoms with Crippen molar-refractivity contribution >= 4 is 11.9 Å². The molecule has 0 rings (SSSR count). The molecule has 0 aliphatic carbocycles. The molecule has 0 spiro atoms. The zero-order chi connectivity index (χ0) is 14.0. The van der Waals surface area contributed by atoms with Gasteiger partial charge in [0.05, 0.1) is 12.6 Å². The number of amides is 1. The first-order valence-electron chi connectivity index (χ1n) is 6.37. The number of rotatable bonds is 10. The number of nitrogens with zero attached hydrogens (tertiary/aromatic N) is 1. The molecule has 0 radical (unpaired) electrons. The van der Waals surface area contributed by atoms with Gasteiger partial charge in [0.25, 0.3) is 0 Å². The third-order valence-corrected chi connectivity index (χ3v) is 2.71. The summed E-state index contributed by atoms with van der Waals surface area (Å²) in [5.41, 5.74) is 0. The summed E-state index contributed by atoms with van der Waals surface area (Å²) in [4.78, 5) is 24.1. The molecule has 0 aromatic carbocycles. The van der Waals surface area contributed by atoms with E-state index in [0.29, 0.717) is 13.1 Å². The monoisotopic (exact) mass is 256 g/mol. The summed E-state index contributed by atoms with van der Waals surface area (Å²) < 4.78 is 0. The molecule has 18 heavy (non-hydrogen) atoms. The van der Waals surface area contributed by atoms with Gasteiger partial charge in [0.2, 0.25) is 5.91 Å². The SMILES string of the molecule is C=CCN(CC(=O)O)C(C)C(=O)NCCCCC. The Balaban J connectivity index is 4.19. The predicted molar refractivity (Wildman–Crippen MR) is 71.4 cm³/mol. The largest absolute Gasteiger partial charge is 0.480 e. The van der Waals surface area contributed by atoms with Gasteiger partial charge >= 0.3 is 5.97 Å². The van der Waals surface area contributed by atoms with E-state index in [4.69, 9.17) is 5.11 Å². The van der Waals surface area contributed by atoms with Crippen LogP contribution in [0.4, 0.5) is 0 Å². The summed E-state index contributed by atoms with van der Waals surface area (Å²) in [5, 5.41) is 11.6. The van der Waals surface area contributed by atoms with Crippen LogP contribution in [0.25, 0.3) is 0 Å². The van der Waals surface area contributed by atoms with Crippen molar-refractivity contribution in [1.82, 2.24) is 10.2 Å². The molecule has 1 unspecified atom stereocenters. The summed E-state index contributed by atoms with van der Waals surface area (Å²) in [7, 11) is 0. The lowest BCUT2D eigenvalue weighted by atomic mass is 10.2. The van der Waals surface area contributed by atoms with Crippen molar-refractivity contribution in [2.45, 2.75) is 39.2 Å². The Hall–Kier alpha value is -1.36. The molecule has 0 saturated carbocycles. The van der Waals surface area contributed by atoms with E-state index >= 15 is 0 Å². The average molecular weight is 256 g/mol. The predicted octanol–water partition coefficient (Wildman–Crippen LogP) is 1.25. The topological polar surface area (TPSA) is 69.6 Å². The minimum Gasteiger partial charge on any atom is -0.480 e. The van der Waals surface area contributed by atoms with E-state index in [1.807, 2.05) is 0 Å². The van der Waals surface area contributed by atoms with Crippen molar-refractivity contribution in [1.29, 1.82) is 0 Å². The number of aliphatic carboxylic acids is 1. The highest BCUT2D eigenvalue weighted by molar-refractivity contribution is 5.82. The molecule has 0 heterocycles. The summed E-state index contributed by atoms with van der Waals surface area (Å²) >= 11 is 0. The normalized spacial score (nSPS) is 12.2. The number of carbonyl (C=O) groups is 2. The van der Waals surface area contributed by atoms with Crippen LogP contribution in [0.1, 0.15) is 33.1 Å². The van der Waals surface area contributed by atoms with Crippen molar-refractivity contribution < 1.29 is 14.7 Å². The smallest absolute Gasteiger partial charge is 0.317 e. The Morgan fingerprint density at radius 1 is 1.44 bits per heavy atom. The van der Waals surface area contributed by atoms with Crippen LogP contribution in [-0.2, 0) is 9.59 Å². The van der Waals surface area contributed by atoms with Gasteiger partial charge in [-0.25, -0.2) is 0 Å². The maximum atomic E-state index is 11.8. The fraction of sp³-hybridized carbons (Fsp3) is 0.692. The second-order valence-electron chi connectivity index (χ2n) is 4.29. The molecule has 0 saturated heterocycles. The van der Waals surface area contributed by atoms with Crippen LogP contribution in [0.2, 0.25) is 0 Å². The van der Waals surface area contributed by atoms with Crippen molar-refractivity contribution in [3.05, 3.63) is 12.7 Å². The summed E-state index contributed by atoms with van der Waals surface area (Å²) in [6.45, 7) is 8.25. The molecule has 0 aromatic heterocycles. The Morgan fingerprint density at radius 2 is 2.11 bits per heavy atom. The lowest BCUT2D eigenvalue weighted by Gasteiger charge is -2.25. The van der Waals surface area contributed by atoms with E-state index in [2.05, 4.69) is 18.8 Å². The maximum Gasteiger partial charge on any atom is 0.317 e. The van der Waals surface area contributed by atoms with E-state index in [1.165, 1.54) is 0 Å². The molecule has 0 fully saturated rings. The number of unbranched alkanes of at least 4 members (excludes halogenated alkanes) is 2. The Labute approximate surface area is 109 Å². The average Bonchev–Trinajstić information content (AvgIpc) is 2.32. The molecule has 5 nitrogen and oxygen atoms in total. The minimum absolute atomic E-state index is 0.130. The van der Waals surface area contributed by atoms with E-state index < -0.39 is 12.0 Å². The second-order valence-corrected chi connectivity index (χ2v) is 4.29. The second kappa shape index (κ2) is 9.65. The Kier molecular flexibility index (Phi) is 8.92. The van der Waals surface area contributed by atoms with E-state index in [9.17, 15) is 9.59 Å². The molecule has 0 aliphatic rings. The van der Waals surface area contributed by atoms with Gasteiger partial charge in [-0.15, -0.1) is 6.58 Å². The van der Waals surface area contributed by atoms with Crippen LogP contribution in [0, 0.1) is 0 Å². The Morgan fingerprint density at radius 3 is 2.61 bits per heavy atom. The Bertz CT molecular complexity index is 279. The van der Waals surface area contributed by atoms with Gasteiger partial charge in [-0.1, -0.05) is 25.8 Å². The molecule has 0 bridgehead atoms. The minimum atomic E-state index is -0.942. The van der Waals surface area contributed by atoms with E-state index in [1.54, 1.807) is 17.9 Å². The third kappa shape index (κ3) is 7.06. The van der Waals surface area contributed by atoms with Crippen molar-refractivity contribution in [3.8, 4) is 0 Å². The van der Waals surface area contributed by atoms with Gasteiger partial charge in [0, 0.05) is 13.1 Å². The van der Waals surface area contributed by atoms with Crippen LogP contribution in [0.3, 0.4) is 0 Å². The standard InChI is InChI=1S/C13H24N2O3/c1-4-6-7-8-14-13(18)11(3)15(9-5-2)10-12(16)17/h5,11H,2,4,6-10H2,1,3H3,(H,14,18)(H,16,17). The number of nitrogens with one attached hydrogen (secondary N) is 1. The van der Waals surface area contributed by atoms with Gasteiger partial charge in [0.15, 0.2) is 0 Å². The first kappa shape index (κ1) is 16.6. The highest BCUT2D eigenvalue weighted by Crippen LogP contribution is 2.00. The van der Waals surface area contributed by atoms with E-state index in [0.717, 1.165) is 19.3 Å². The summed E-state index contributed by atoms with van der Waals surface area (Å²) in [6.07, 6.45) is 4.74. The molecule has 1 amide bonds. The number of hydrogen-bond donors (Lipinski definition) is 2. The molecular weight excluding hydrogens is 232 g/mol. The molecule has 0 aliphatic heterocycles. The first-order chi connectivity index (χ1) is 8.52. The fourth-order valence-electron chi connectivity index (χ4n) is 1.60. The zero-order valence-corrected chi connectivity index (χ0v) is 11.3. The summed E-state index contributed by atoms with van der Waals surface area (Å²) in [5.74, 6) is -1.07. The molecular formula is C13H24N2O3.